The second-order valence-electron chi connectivity index (χ2n) is 10.4. The molecular weight excluding hydrogens is 368 g/mol. The Labute approximate surface area is 170 Å². The van der Waals surface area contributed by atoms with Crippen LogP contribution in [0.4, 0.5) is 0 Å². The smallest absolute Gasteiger partial charge is 0.234 e. The zero-order chi connectivity index (χ0) is 20.2. The van der Waals surface area contributed by atoms with E-state index in [1.54, 1.807) is 0 Å². The van der Waals surface area contributed by atoms with Gasteiger partial charge in [-0.25, -0.2) is 0 Å². The van der Waals surface area contributed by atoms with Crippen LogP contribution in [0.25, 0.3) is 0 Å². The standard InChI is InChI=1S/C23H26N2O4/c1-23(2,25-21(28)17-13-5-6-14(10-13)18(17)22(25)29)7-8-24-19(26)15-11-3-4-12(9-11)16(15)20(24)27/h3-6,11-18H,7-10H2,1-2H3. The van der Waals surface area contributed by atoms with Crippen LogP contribution in [0.5, 0.6) is 0 Å². The predicted molar refractivity (Wildman–Crippen MR) is 103 cm³/mol. The number of rotatable bonds is 4. The second-order valence-corrected chi connectivity index (χ2v) is 10.4. The van der Waals surface area contributed by atoms with Crippen LogP contribution in [0.15, 0.2) is 24.3 Å². The van der Waals surface area contributed by atoms with Gasteiger partial charge in [-0.15, -0.1) is 0 Å². The number of carbonyl (C=O) groups is 4. The van der Waals surface area contributed by atoms with Gasteiger partial charge in [-0.3, -0.25) is 29.0 Å². The largest absolute Gasteiger partial charge is 0.282 e. The number of carbonyl (C=O) groups excluding carboxylic acids is 4. The molecule has 6 rings (SSSR count). The third-order valence-corrected chi connectivity index (χ3v) is 8.58. The second kappa shape index (κ2) is 5.46. The maximum Gasteiger partial charge on any atom is 0.234 e. The first-order valence-corrected chi connectivity index (χ1v) is 10.9. The van der Waals surface area contributed by atoms with Gasteiger partial charge in [0.15, 0.2) is 0 Å². The maximum atomic E-state index is 13.1. The van der Waals surface area contributed by atoms with E-state index in [9.17, 15) is 19.2 Å². The van der Waals surface area contributed by atoms with Crippen molar-refractivity contribution < 1.29 is 19.2 Å². The molecule has 6 nitrogen and oxygen atoms in total. The van der Waals surface area contributed by atoms with E-state index in [4.69, 9.17) is 0 Å². The van der Waals surface area contributed by atoms with Crippen molar-refractivity contribution in [2.24, 2.45) is 47.3 Å². The Morgan fingerprint density at radius 3 is 1.52 bits per heavy atom. The molecule has 4 bridgehead atoms. The molecule has 29 heavy (non-hydrogen) atoms. The first-order valence-electron chi connectivity index (χ1n) is 10.9. The number of hydrogen-bond donors (Lipinski definition) is 0. The fourth-order valence-corrected chi connectivity index (χ4v) is 7.18. The van der Waals surface area contributed by atoms with E-state index in [1.807, 2.05) is 13.8 Å². The van der Waals surface area contributed by atoms with Gasteiger partial charge < -0.3 is 0 Å². The van der Waals surface area contributed by atoms with Crippen LogP contribution in [-0.4, -0.2) is 45.5 Å². The van der Waals surface area contributed by atoms with Crippen LogP contribution >= 0.6 is 0 Å². The summed E-state index contributed by atoms with van der Waals surface area (Å²) in [6.45, 7) is 4.04. The van der Waals surface area contributed by atoms with E-state index in [2.05, 4.69) is 24.3 Å². The summed E-state index contributed by atoms with van der Waals surface area (Å²) in [4.78, 5) is 55.0. The predicted octanol–water partition coefficient (Wildman–Crippen LogP) is 1.77. The molecule has 152 valence electrons. The highest BCUT2D eigenvalue weighted by Gasteiger charge is 2.62. The van der Waals surface area contributed by atoms with Crippen molar-refractivity contribution >= 4 is 23.6 Å². The average molecular weight is 394 g/mol. The Hall–Kier alpha value is -2.24. The number of imide groups is 2. The van der Waals surface area contributed by atoms with Gasteiger partial charge in [-0.05, 0) is 56.8 Å². The number of nitrogens with zero attached hydrogens (tertiary/aromatic N) is 2. The van der Waals surface area contributed by atoms with Gasteiger partial charge in [0.2, 0.25) is 23.6 Å². The summed E-state index contributed by atoms with van der Waals surface area (Å²) < 4.78 is 0. The van der Waals surface area contributed by atoms with Crippen molar-refractivity contribution in [2.75, 3.05) is 6.54 Å². The molecule has 0 aromatic rings. The van der Waals surface area contributed by atoms with Crippen LogP contribution < -0.4 is 0 Å². The molecule has 0 N–H and O–H groups in total. The number of allylic oxidation sites excluding steroid dienone is 4. The Balaban J connectivity index is 1.19. The quantitative estimate of drug-likeness (QED) is 0.538. The van der Waals surface area contributed by atoms with E-state index in [0.717, 1.165) is 12.8 Å². The molecule has 4 amide bonds. The van der Waals surface area contributed by atoms with E-state index >= 15 is 0 Å². The SMILES string of the molecule is CC(C)(CCN1C(=O)C2C3C=CC(C3)C2C1=O)N1C(=O)C2C3C=CC(C3)C2C1=O. The average Bonchev–Trinajstić information content (AvgIpc) is 3.48. The lowest BCUT2D eigenvalue weighted by Crippen LogP contribution is -2.51. The Morgan fingerprint density at radius 2 is 1.10 bits per heavy atom. The third-order valence-electron chi connectivity index (χ3n) is 8.58. The number of amides is 4. The summed E-state index contributed by atoms with van der Waals surface area (Å²) in [6, 6.07) is 0. The molecule has 4 fully saturated rings. The van der Waals surface area contributed by atoms with Crippen molar-refractivity contribution in [3.05, 3.63) is 24.3 Å². The Bertz CT molecular complexity index is 858. The third kappa shape index (κ3) is 2.07. The van der Waals surface area contributed by atoms with Crippen LogP contribution in [0.2, 0.25) is 0 Å². The van der Waals surface area contributed by atoms with Crippen molar-refractivity contribution in [1.82, 2.24) is 9.80 Å². The topological polar surface area (TPSA) is 74.8 Å². The summed E-state index contributed by atoms with van der Waals surface area (Å²) in [5, 5.41) is 0. The molecule has 2 saturated heterocycles. The molecule has 0 aromatic heterocycles. The number of likely N-dealkylation sites (tertiary alicyclic amines) is 2. The molecule has 4 aliphatic carbocycles. The van der Waals surface area contributed by atoms with Crippen molar-refractivity contribution in [3.8, 4) is 0 Å². The first kappa shape index (κ1) is 17.6. The molecule has 6 heteroatoms. The van der Waals surface area contributed by atoms with Gasteiger partial charge in [0.1, 0.15) is 0 Å². The lowest BCUT2D eigenvalue weighted by Gasteiger charge is -2.36. The minimum absolute atomic E-state index is 0.0640. The van der Waals surface area contributed by atoms with Gasteiger partial charge in [0.25, 0.3) is 0 Å². The zero-order valence-electron chi connectivity index (χ0n) is 16.8. The van der Waals surface area contributed by atoms with Gasteiger partial charge in [0, 0.05) is 12.1 Å². The van der Waals surface area contributed by atoms with Gasteiger partial charge in [-0.1, -0.05) is 24.3 Å². The van der Waals surface area contributed by atoms with Gasteiger partial charge in [0.05, 0.1) is 23.7 Å². The molecule has 2 heterocycles. The van der Waals surface area contributed by atoms with Crippen LogP contribution in [0, 0.1) is 47.3 Å². The van der Waals surface area contributed by atoms with Gasteiger partial charge in [-0.2, -0.15) is 0 Å². The first-order chi connectivity index (χ1) is 13.8. The lowest BCUT2D eigenvalue weighted by atomic mass is 9.85. The minimum Gasteiger partial charge on any atom is -0.282 e. The Morgan fingerprint density at radius 1 is 0.724 bits per heavy atom. The molecule has 0 spiro atoms. The molecule has 8 atom stereocenters. The van der Waals surface area contributed by atoms with Crippen molar-refractivity contribution in [2.45, 2.75) is 38.6 Å². The summed E-state index contributed by atoms with van der Waals surface area (Å²) >= 11 is 0. The van der Waals surface area contributed by atoms with Gasteiger partial charge >= 0.3 is 0 Å². The summed E-state index contributed by atoms with van der Waals surface area (Å²) in [6.07, 6.45) is 10.6. The zero-order valence-corrected chi connectivity index (χ0v) is 16.8. The molecule has 2 saturated carbocycles. The molecule has 0 radical (unpaired) electrons. The molecule has 6 aliphatic rings. The summed E-state index contributed by atoms with van der Waals surface area (Å²) in [7, 11) is 0. The Kier molecular flexibility index (Phi) is 3.32. The monoisotopic (exact) mass is 394 g/mol. The molecular formula is C23H26N2O4. The lowest BCUT2D eigenvalue weighted by molar-refractivity contribution is -0.147. The highest BCUT2D eigenvalue weighted by Crippen LogP contribution is 2.54. The normalized spacial score (nSPS) is 44.1. The van der Waals surface area contributed by atoms with E-state index in [1.165, 1.54) is 9.80 Å². The van der Waals surface area contributed by atoms with Crippen LogP contribution in [0.1, 0.15) is 33.1 Å². The fraction of sp³-hybridized carbons (Fsp3) is 0.652. The molecule has 2 aliphatic heterocycles. The maximum absolute atomic E-state index is 13.1. The van der Waals surface area contributed by atoms with Crippen molar-refractivity contribution in [1.29, 1.82) is 0 Å². The van der Waals surface area contributed by atoms with E-state index in [0.29, 0.717) is 6.42 Å². The highest BCUT2D eigenvalue weighted by atomic mass is 16.2. The number of hydrogen-bond acceptors (Lipinski definition) is 4. The summed E-state index contributed by atoms with van der Waals surface area (Å²) in [5.41, 5.74) is -0.715. The summed E-state index contributed by atoms with van der Waals surface area (Å²) in [5.74, 6) is -0.323. The minimum atomic E-state index is -0.715. The van der Waals surface area contributed by atoms with E-state index in [-0.39, 0.29) is 77.5 Å². The van der Waals surface area contributed by atoms with Crippen LogP contribution in [-0.2, 0) is 19.2 Å². The van der Waals surface area contributed by atoms with Crippen LogP contribution in [0.3, 0.4) is 0 Å². The molecule has 0 aromatic carbocycles. The fourth-order valence-electron chi connectivity index (χ4n) is 7.18. The number of fused-ring (bicyclic) bond motifs is 10. The highest BCUT2D eigenvalue weighted by molar-refractivity contribution is 6.07. The van der Waals surface area contributed by atoms with Crippen molar-refractivity contribution in [3.63, 3.8) is 0 Å². The molecule has 8 unspecified atom stereocenters. The van der Waals surface area contributed by atoms with E-state index < -0.39 is 5.54 Å².